The molecule has 8 heteroatoms. The quantitative estimate of drug-likeness (QED) is 0.924. The van der Waals surface area contributed by atoms with E-state index in [9.17, 15) is 22.0 Å². The molecule has 3 rings (SSSR count). The van der Waals surface area contributed by atoms with Crippen LogP contribution in [0.25, 0.3) is 0 Å². The van der Waals surface area contributed by atoms with Crippen LogP contribution >= 0.6 is 0 Å². The average Bonchev–Trinajstić information content (AvgIpc) is 2.53. The number of halogens is 2. The van der Waals surface area contributed by atoms with Crippen LogP contribution in [0.15, 0.2) is 41.3 Å². The van der Waals surface area contributed by atoms with Gasteiger partial charge in [-0.25, -0.2) is 17.2 Å². The number of nitrogens with zero attached hydrogens (tertiary/aromatic N) is 1. The zero-order valence-electron chi connectivity index (χ0n) is 12.7. The lowest BCUT2D eigenvalue weighted by Crippen LogP contribution is -2.31. The fourth-order valence-electron chi connectivity index (χ4n) is 2.61. The van der Waals surface area contributed by atoms with Gasteiger partial charge in [0, 0.05) is 24.8 Å². The zero-order valence-corrected chi connectivity index (χ0v) is 13.5. The van der Waals surface area contributed by atoms with Gasteiger partial charge in [-0.3, -0.25) is 9.52 Å². The molecule has 1 amide bonds. The van der Waals surface area contributed by atoms with Crippen LogP contribution < -0.4 is 9.62 Å². The van der Waals surface area contributed by atoms with Gasteiger partial charge in [0.15, 0.2) is 0 Å². The van der Waals surface area contributed by atoms with E-state index < -0.39 is 26.6 Å². The van der Waals surface area contributed by atoms with Crippen LogP contribution in [-0.2, 0) is 21.2 Å². The number of carbonyl (C=O) groups is 1. The topological polar surface area (TPSA) is 66.5 Å². The van der Waals surface area contributed by atoms with E-state index in [1.165, 1.54) is 11.0 Å². The van der Waals surface area contributed by atoms with Gasteiger partial charge in [-0.2, -0.15) is 0 Å². The maximum atomic E-state index is 13.7. The van der Waals surface area contributed by atoms with Gasteiger partial charge in [-0.15, -0.1) is 0 Å². The number of carbonyl (C=O) groups excluding carboxylic acids is 1. The Morgan fingerprint density at radius 2 is 1.83 bits per heavy atom. The number of benzene rings is 2. The van der Waals surface area contributed by atoms with Crippen LogP contribution in [0.4, 0.5) is 20.2 Å². The Bertz CT molecular complexity index is 929. The summed E-state index contributed by atoms with van der Waals surface area (Å²) in [5, 5.41) is 0. The summed E-state index contributed by atoms with van der Waals surface area (Å²) in [7, 11) is -2.62. The fraction of sp³-hybridized carbons (Fsp3) is 0.188. The molecule has 0 spiro atoms. The molecule has 1 heterocycles. The van der Waals surface area contributed by atoms with E-state index in [0.717, 1.165) is 17.7 Å². The summed E-state index contributed by atoms with van der Waals surface area (Å²) >= 11 is 0. The van der Waals surface area contributed by atoms with Gasteiger partial charge in [-0.1, -0.05) is 0 Å². The third-order valence-corrected chi connectivity index (χ3v) is 5.25. The number of hydrogen-bond acceptors (Lipinski definition) is 3. The lowest BCUT2D eigenvalue weighted by Gasteiger charge is -2.26. The average molecular weight is 352 g/mol. The molecular formula is C16H14F2N2O3S. The number of amides is 1. The van der Waals surface area contributed by atoms with Crippen molar-refractivity contribution in [2.75, 3.05) is 16.7 Å². The van der Waals surface area contributed by atoms with Gasteiger partial charge >= 0.3 is 0 Å². The number of aryl methyl sites for hydroxylation is 1. The van der Waals surface area contributed by atoms with Crippen LogP contribution in [-0.4, -0.2) is 21.4 Å². The highest BCUT2D eigenvalue weighted by atomic mass is 32.2. The molecule has 0 unspecified atom stereocenters. The highest BCUT2D eigenvalue weighted by Crippen LogP contribution is 2.30. The van der Waals surface area contributed by atoms with E-state index in [4.69, 9.17) is 0 Å². The highest BCUT2D eigenvalue weighted by Gasteiger charge is 2.23. The van der Waals surface area contributed by atoms with Gasteiger partial charge in [0.1, 0.15) is 16.5 Å². The van der Waals surface area contributed by atoms with Crippen molar-refractivity contribution in [3.8, 4) is 0 Å². The molecule has 0 aromatic heterocycles. The first-order valence-corrected chi connectivity index (χ1v) is 8.63. The number of anilines is 2. The molecule has 0 atom stereocenters. The predicted molar refractivity (Wildman–Crippen MR) is 85.3 cm³/mol. The largest absolute Gasteiger partial charge is 0.315 e. The molecule has 0 fully saturated rings. The number of hydrogen-bond donors (Lipinski definition) is 1. The van der Waals surface area contributed by atoms with Gasteiger partial charge < -0.3 is 4.90 Å². The van der Waals surface area contributed by atoms with E-state index in [1.807, 2.05) is 0 Å². The minimum Gasteiger partial charge on any atom is -0.315 e. The maximum absolute atomic E-state index is 13.7. The highest BCUT2D eigenvalue weighted by molar-refractivity contribution is 7.92. The predicted octanol–water partition coefficient (Wildman–Crippen LogP) is 2.67. The van der Waals surface area contributed by atoms with Crippen molar-refractivity contribution in [3.05, 3.63) is 53.6 Å². The third-order valence-electron chi connectivity index (χ3n) is 3.86. The summed E-state index contributed by atoms with van der Waals surface area (Å²) in [6, 6.07) is 6.92. The van der Waals surface area contributed by atoms with E-state index in [-0.39, 0.29) is 11.6 Å². The summed E-state index contributed by atoms with van der Waals surface area (Å²) in [4.78, 5) is 12.4. The first-order valence-electron chi connectivity index (χ1n) is 7.15. The smallest absolute Gasteiger partial charge is 0.264 e. The third kappa shape index (κ3) is 2.96. The van der Waals surface area contributed by atoms with E-state index in [1.54, 1.807) is 19.2 Å². The number of fused-ring (bicyclic) bond motifs is 1. The summed E-state index contributed by atoms with van der Waals surface area (Å²) in [6.45, 7) is 0. The molecule has 1 aliphatic heterocycles. The normalized spacial score (nSPS) is 14.5. The standard InChI is InChI=1S/C16H14F2N2O3S/c1-20-14-6-4-12(8-10(14)2-7-16(20)21)19-24(22,23)15-9-11(17)3-5-13(15)18/h3-6,8-9,19H,2,7H2,1H3. The van der Waals surface area contributed by atoms with Crippen molar-refractivity contribution >= 4 is 27.3 Å². The Hall–Kier alpha value is -2.48. The van der Waals surface area contributed by atoms with Gasteiger partial charge in [0.05, 0.1) is 0 Å². The Morgan fingerprint density at radius 1 is 1.08 bits per heavy atom. The summed E-state index contributed by atoms with van der Waals surface area (Å²) in [5.74, 6) is -1.90. The summed E-state index contributed by atoms with van der Waals surface area (Å²) in [5.41, 5.74) is 1.73. The Kier molecular flexibility index (Phi) is 4.00. The van der Waals surface area contributed by atoms with Crippen molar-refractivity contribution in [2.45, 2.75) is 17.7 Å². The van der Waals surface area contributed by atoms with Crippen molar-refractivity contribution in [2.24, 2.45) is 0 Å². The SMILES string of the molecule is CN1C(=O)CCc2cc(NS(=O)(=O)c3cc(F)ccc3F)ccc21. The molecule has 0 bridgehead atoms. The molecule has 1 aliphatic rings. The number of nitrogens with one attached hydrogen (secondary N) is 1. The number of rotatable bonds is 3. The molecule has 24 heavy (non-hydrogen) atoms. The molecule has 2 aromatic rings. The van der Waals surface area contributed by atoms with Crippen molar-refractivity contribution < 1.29 is 22.0 Å². The van der Waals surface area contributed by atoms with Gasteiger partial charge in [-0.05, 0) is 48.4 Å². The second kappa shape index (κ2) is 5.86. The molecular weight excluding hydrogens is 338 g/mol. The molecule has 2 aromatic carbocycles. The van der Waals surface area contributed by atoms with Crippen molar-refractivity contribution in [1.29, 1.82) is 0 Å². The monoisotopic (exact) mass is 352 g/mol. The van der Waals surface area contributed by atoms with Gasteiger partial charge in [0.2, 0.25) is 5.91 Å². The maximum Gasteiger partial charge on any atom is 0.264 e. The molecule has 0 saturated carbocycles. The van der Waals surface area contributed by atoms with Crippen LogP contribution in [0.5, 0.6) is 0 Å². The van der Waals surface area contributed by atoms with Crippen LogP contribution in [0.3, 0.4) is 0 Å². The van der Waals surface area contributed by atoms with E-state index in [0.29, 0.717) is 24.6 Å². The molecule has 0 radical (unpaired) electrons. The van der Waals surface area contributed by atoms with Crippen LogP contribution in [0.2, 0.25) is 0 Å². The Labute approximate surface area is 138 Å². The molecule has 5 nitrogen and oxygen atoms in total. The lowest BCUT2D eigenvalue weighted by molar-refractivity contribution is -0.118. The van der Waals surface area contributed by atoms with Crippen LogP contribution in [0, 0.1) is 11.6 Å². The van der Waals surface area contributed by atoms with E-state index in [2.05, 4.69) is 4.72 Å². The molecule has 0 aliphatic carbocycles. The summed E-state index contributed by atoms with van der Waals surface area (Å²) in [6.07, 6.45) is 0.820. The van der Waals surface area contributed by atoms with Crippen LogP contribution in [0.1, 0.15) is 12.0 Å². The number of sulfonamides is 1. The first-order chi connectivity index (χ1) is 11.3. The Morgan fingerprint density at radius 3 is 2.58 bits per heavy atom. The second-order valence-corrected chi connectivity index (χ2v) is 7.13. The van der Waals surface area contributed by atoms with Crippen molar-refractivity contribution in [3.63, 3.8) is 0 Å². The minimum absolute atomic E-state index is 0.0161. The second-order valence-electron chi connectivity index (χ2n) is 5.48. The summed E-state index contributed by atoms with van der Waals surface area (Å²) < 4.78 is 53.7. The minimum atomic E-state index is -4.26. The fourth-order valence-corrected chi connectivity index (χ4v) is 3.75. The lowest BCUT2D eigenvalue weighted by atomic mass is 10.0. The molecule has 126 valence electrons. The van der Waals surface area contributed by atoms with E-state index >= 15 is 0 Å². The van der Waals surface area contributed by atoms with Crippen molar-refractivity contribution in [1.82, 2.24) is 0 Å². The Balaban J connectivity index is 1.94. The first kappa shape index (κ1) is 16.4. The molecule has 0 saturated heterocycles. The molecule has 1 N–H and O–H groups in total. The zero-order chi connectivity index (χ0) is 17.5. The van der Waals surface area contributed by atoms with Gasteiger partial charge in [0.25, 0.3) is 10.0 Å².